The van der Waals surface area contributed by atoms with Gasteiger partial charge in [0.2, 0.25) is 0 Å². The van der Waals surface area contributed by atoms with Gasteiger partial charge >= 0.3 is 6.09 Å². The average molecular weight is 837 g/mol. The molecule has 10 nitrogen and oxygen atoms in total. The summed E-state index contributed by atoms with van der Waals surface area (Å²) in [6.45, 7) is 0.700. The smallest absolute Gasteiger partial charge is 0.411 e. The zero-order valence-electron chi connectivity index (χ0n) is 36.3. The highest BCUT2D eigenvalue weighted by Crippen LogP contribution is 2.54. The summed E-state index contributed by atoms with van der Waals surface area (Å²) >= 11 is 0. The molecule has 4 aliphatic carbocycles. The lowest BCUT2D eigenvalue weighted by molar-refractivity contribution is -0.261. The summed E-state index contributed by atoms with van der Waals surface area (Å²) < 4.78 is 41.4. The molecule has 0 radical (unpaired) electrons. The highest BCUT2D eigenvalue weighted by Gasteiger charge is 2.66. The van der Waals surface area contributed by atoms with Crippen molar-refractivity contribution in [2.75, 3.05) is 25.2 Å². The van der Waals surface area contributed by atoms with Crippen LogP contribution in [0.15, 0.2) is 60.7 Å². The van der Waals surface area contributed by atoms with Crippen molar-refractivity contribution in [3.05, 3.63) is 66.2 Å². The molecule has 0 bridgehead atoms. The fraction of sp³-hybridized carbons (Fsp3) is 0.686. The Balaban J connectivity index is 1.02. The van der Waals surface area contributed by atoms with Crippen LogP contribution in [0.4, 0.5) is 10.5 Å². The minimum atomic E-state index is -0.809. The van der Waals surface area contributed by atoms with Crippen molar-refractivity contribution in [1.29, 1.82) is 0 Å². The molecular weight excluding hydrogens is 769 g/mol. The Morgan fingerprint density at radius 2 is 1.11 bits per heavy atom. The van der Waals surface area contributed by atoms with Crippen LogP contribution in [0.1, 0.15) is 134 Å². The van der Waals surface area contributed by atoms with Crippen LogP contribution in [0.5, 0.6) is 5.75 Å². The molecule has 10 heteroatoms. The maximum Gasteiger partial charge on any atom is 0.411 e. The highest BCUT2D eigenvalue weighted by molar-refractivity contribution is 6.08. The number of hydrogen-bond donors (Lipinski definition) is 0. The lowest BCUT2D eigenvalue weighted by Crippen LogP contribution is -2.73. The van der Waals surface area contributed by atoms with Crippen molar-refractivity contribution < 1.29 is 38.0 Å². The maximum absolute atomic E-state index is 14.9. The average Bonchev–Trinajstić information content (AvgIpc) is 4.07. The fourth-order valence-corrected chi connectivity index (χ4v) is 13.2. The van der Waals surface area contributed by atoms with Crippen molar-refractivity contribution in [2.24, 2.45) is 23.7 Å². The lowest BCUT2D eigenvalue weighted by Gasteiger charge is -2.50. The van der Waals surface area contributed by atoms with Crippen molar-refractivity contribution in [1.82, 2.24) is 4.90 Å². The van der Waals surface area contributed by atoms with Crippen LogP contribution >= 0.6 is 0 Å². The third-order valence-electron chi connectivity index (χ3n) is 16.2. The summed E-state index contributed by atoms with van der Waals surface area (Å²) in [6.07, 6.45) is 25.2. The zero-order chi connectivity index (χ0) is 41.4. The van der Waals surface area contributed by atoms with E-state index in [1.54, 1.807) is 16.9 Å². The number of anilines is 1. The van der Waals surface area contributed by atoms with Crippen molar-refractivity contribution in [3.63, 3.8) is 0 Å². The monoisotopic (exact) mass is 836 g/mol. The summed E-state index contributed by atoms with van der Waals surface area (Å²) in [5, 5.41) is 0. The van der Waals surface area contributed by atoms with E-state index in [4.69, 9.17) is 28.4 Å². The zero-order valence-corrected chi connectivity index (χ0v) is 36.3. The number of ether oxygens (including phenoxy) is 6. The molecule has 0 aromatic heterocycles. The number of carbonyl (C=O) groups excluding carboxylic acids is 2. The summed E-state index contributed by atoms with van der Waals surface area (Å²) in [6, 6.07) is 15.8. The van der Waals surface area contributed by atoms with E-state index in [9.17, 15) is 9.59 Å². The Labute approximate surface area is 363 Å². The van der Waals surface area contributed by atoms with Crippen molar-refractivity contribution in [3.8, 4) is 5.75 Å². The first-order valence-electron chi connectivity index (χ1n) is 24.3. The third kappa shape index (κ3) is 7.73. The number of cyclic esters (lactones) is 1. The summed E-state index contributed by atoms with van der Waals surface area (Å²) in [5.74, 6) is 0.398. The molecule has 0 spiro atoms. The Bertz CT molecular complexity index is 1790. The molecule has 2 amide bonds. The van der Waals surface area contributed by atoms with Gasteiger partial charge in [0.05, 0.1) is 26.4 Å². The maximum atomic E-state index is 14.9. The Hall–Kier alpha value is -3.44. The van der Waals surface area contributed by atoms with Gasteiger partial charge in [0.15, 0.2) is 17.7 Å². The molecule has 330 valence electrons. The number of nitrogens with zero attached hydrogens (tertiary/aromatic N) is 2. The second kappa shape index (κ2) is 18.0. The molecule has 4 saturated carbocycles. The van der Waals surface area contributed by atoms with Gasteiger partial charge in [0.1, 0.15) is 30.0 Å². The van der Waals surface area contributed by atoms with Crippen molar-refractivity contribution >= 4 is 23.8 Å². The van der Waals surface area contributed by atoms with Crippen LogP contribution in [0, 0.1) is 23.7 Å². The Morgan fingerprint density at radius 3 is 1.62 bits per heavy atom. The van der Waals surface area contributed by atoms with E-state index in [2.05, 4.69) is 24.3 Å². The third-order valence-corrected chi connectivity index (χ3v) is 16.2. The number of amides is 2. The molecule has 0 N–H and O–H groups in total. The first-order valence-corrected chi connectivity index (χ1v) is 24.3. The van der Waals surface area contributed by atoms with Crippen LogP contribution in [0.25, 0.3) is 6.08 Å². The molecule has 4 aliphatic heterocycles. The molecule has 6 atom stereocenters. The number of methoxy groups -OCH3 is 1. The van der Waals surface area contributed by atoms with E-state index in [1.165, 1.54) is 77.0 Å². The SMILES string of the molecule is COc1ccc(N2C(=O)[C@@H](N3C(=O)O[C@H]([C@H]4COC(C5CCCCC5)(C5CCCCC5)O4)[C@H]3[C@H]3COC(C4CCCCC4)(C4CCCCC4)O3)[C@H]2/C=C/c2ccccc2)cc1. The van der Waals surface area contributed by atoms with Crippen molar-refractivity contribution in [2.45, 2.75) is 176 Å². The first-order chi connectivity index (χ1) is 30.0. The predicted octanol–water partition coefficient (Wildman–Crippen LogP) is 10.2. The van der Waals surface area contributed by atoms with E-state index in [0.29, 0.717) is 42.6 Å². The molecule has 8 fully saturated rings. The number of carbonyl (C=O) groups is 2. The minimum absolute atomic E-state index is 0.150. The summed E-state index contributed by atoms with van der Waals surface area (Å²) in [4.78, 5) is 33.3. The van der Waals surface area contributed by atoms with E-state index in [1.807, 2.05) is 42.5 Å². The molecule has 0 unspecified atom stereocenters. The van der Waals surface area contributed by atoms with Crippen LogP contribution in [0.3, 0.4) is 0 Å². The number of rotatable bonds is 11. The minimum Gasteiger partial charge on any atom is -0.497 e. The molecule has 61 heavy (non-hydrogen) atoms. The van der Waals surface area contributed by atoms with Gasteiger partial charge in [0.25, 0.3) is 5.91 Å². The molecule has 2 aromatic rings. The lowest BCUT2D eigenvalue weighted by atomic mass is 9.72. The van der Waals surface area contributed by atoms with E-state index in [-0.39, 0.29) is 5.91 Å². The predicted molar refractivity (Wildman–Crippen MR) is 233 cm³/mol. The van der Waals surface area contributed by atoms with Crippen LogP contribution < -0.4 is 9.64 Å². The number of β-lactam (4-membered cyclic amide) rings is 1. The second-order valence-corrected chi connectivity index (χ2v) is 19.6. The molecule has 4 heterocycles. The second-order valence-electron chi connectivity index (χ2n) is 19.6. The summed E-state index contributed by atoms with van der Waals surface area (Å²) in [5.41, 5.74) is 1.76. The first kappa shape index (κ1) is 41.6. The molecule has 4 saturated heterocycles. The van der Waals surface area contributed by atoms with Gasteiger partial charge in [-0.25, -0.2) is 4.79 Å². The normalized spacial score (nSPS) is 33.0. The van der Waals surface area contributed by atoms with Crippen LogP contribution in [-0.4, -0.2) is 85.2 Å². The van der Waals surface area contributed by atoms with E-state index in [0.717, 1.165) is 62.6 Å². The van der Waals surface area contributed by atoms with Gasteiger partial charge in [-0.15, -0.1) is 0 Å². The fourth-order valence-electron chi connectivity index (χ4n) is 13.2. The number of hydrogen-bond acceptors (Lipinski definition) is 8. The van der Waals surface area contributed by atoms with E-state index >= 15 is 0 Å². The molecule has 10 rings (SSSR count). The largest absolute Gasteiger partial charge is 0.497 e. The van der Waals surface area contributed by atoms with Crippen LogP contribution in [0.2, 0.25) is 0 Å². The van der Waals surface area contributed by atoms with Gasteiger partial charge in [-0.1, -0.05) is 120 Å². The topological polar surface area (TPSA) is 96.0 Å². The van der Waals surface area contributed by atoms with Gasteiger partial charge in [-0.3, -0.25) is 9.69 Å². The standard InChI is InChI=1S/C51H68N2O8/c1-56-41-30-28-40(29-31-41)52-42(32-27-35-17-7-2-8-18-35)45(48(52)54)53-46(43-33-57-50(60-43,36-19-9-3-10-20-36)37-21-11-4-12-22-37)47(59-49(53)55)44-34-58-51(61-44,38-23-13-5-14-24-38)39-25-15-6-16-26-39/h2,7-8,17-18,27-32,36-39,42-47H,3-6,9-16,19-26,33-34H2,1H3/b32-27+/t42-,43-,44-,45+,46-,47-/m1/s1. The molecular formula is C51H68N2O8. The van der Waals surface area contributed by atoms with Gasteiger partial charge in [-0.05, 0) is 81.2 Å². The van der Waals surface area contributed by atoms with Gasteiger partial charge in [0, 0.05) is 29.4 Å². The highest BCUT2D eigenvalue weighted by atomic mass is 16.8. The Morgan fingerprint density at radius 1 is 0.623 bits per heavy atom. The van der Waals surface area contributed by atoms with Crippen LogP contribution in [-0.2, 0) is 28.5 Å². The Kier molecular flexibility index (Phi) is 12.2. The van der Waals surface area contributed by atoms with Gasteiger partial charge in [-0.2, -0.15) is 0 Å². The number of benzene rings is 2. The van der Waals surface area contributed by atoms with E-state index < -0.39 is 54.1 Å². The van der Waals surface area contributed by atoms with Gasteiger partial charge < -0.3 is 33.3 Å². The molecule has 2 aromatic carbocycles. The molecule has 8 aliphatic rings. The summed E-state index contributed by atoms with van der Waals surface area (Å²) in [7, 11) is 1.64. The quantitative estimate of drug-likeness (QED) is 0.207.